The van der Waals surface area contributed by atoms with Gasteiger partial charge in [-0.1, -0.05) is 0 Å². The van der Waals surface area contributed by atoms with Gasteiger partial charge in [0.05, 0.1) is 5.76 Å². The fraction of sp³-hybridized carbons (Fsp3) is 0.625. The van der Waals surface area contributed by atoms with Gasteiger partial charge in [0.2, 0.25) is 0 Å². The zero-order valence-corrected chi connectivity index (χ0v) is 6.35. The number of Topliss-reactive ketones (excluding diaryl/α,β-unsaturated/α-hetero) is 1. The molecule has 1 fully saturated rings. The quantitative estimate of drug-likeness (QED) is 0.469. The average molecular weight is 140 g/mol. The Balaban J connectivity index is 2.78. The Hall–Kier alpha value is -0.790. The molecule has 0 unspecified atom stereocenters. The molecule has 1 rings (SSSR count). The summed E-state index contributed by atoms with van der Waals surface area (Å²) in [6.07, 6.45) is 2.12. The van der Waals surface area contributed by atoms with Crippen LogP contribution < -0.4 is 0 Å². The monoisotopic (exact) mass is 140 g/mol. The number of carbonyl (C=O) groups is 1. The van der Waals surface area contributed by atoms with Gasteiger partial charge >= 0.3 is 0 Å². The predicted molar refractivity (Wildman–Crippen MR) is 38.7 cm³/mol. The second kappa shape index (κ2) is 2.45. The molecule has 2 heteroatoms. The number of carbonyl (C=O) groups excluding carboxylic acids is 1. The van der Waals surface area contributed by atoms with Gasteiger partial charge in [-0.2, -0.15) is 0 Å². The standard InChI is InChI=1S/C8H12O2/c1-5(9)8(6(2)10)7-3-4-7/h7,9H,3-4H2,1-2H3/b8-5+. The van der Waals surface area contributed by atoms with Crippen molar-refractivity contribution in [3.63, 3.8) is 0 Å². The zero-order chi connectivity index (χ0) is 7.72. The lowest BCUT2D eigenvalue weighted by atomic mass is 10.1. The second-order valence-electron chi connectivity index (χ2n) is 2.83. The molecule has 1 aliphatic rings. The molecule has 1 saturated carbocycles. The van der Waals surface area contributed by atoms with Crippen LogP contribution in [0.25, 0.3) is 0 Å². The van der Waals surface area contributed by atoms with Crippen LogP contribution in [0, 0.1) is 5.92 Å². The molecule has 0 heterocycles. The van der Waals surface area contributed by atoms with E-state index in [0.29, 0.717) is 11.5 Å². The van der Waals surface area contributed by atoms with Gasteiger partial charge in [-0.25, -0.2) is 0 Å². The minimum atomic E-state index is 0.0162. The summed E-state index contributed by atoms with van der Waals surface area (Å²) in [5, 5.41) is 9.05. The molecular formula is C8H12O2. The van der Waals surface area contributed by atoms with Gasteiger partial charge < -0.3 is 5.11 Å². The van der Waals surface area contributed by atoms with Crippen LogP contribution in [0.3, 0.4) is 0 Å². The molecule has 0 bridgehead atoms. The van der Waals surface area contributed by atoms with Crippen molar-refractivity contribution in [1.29, 1.82) is 0 Å². The largest absolute Gasteiger partial charge is 0.512 e. The Morgan fingerprint density at radius 2 is 1.90 bits per heavy atom. The SMILES string of the molecule is CC(=O)/C(=C(/C)O)C1CC1. The summed E-state index contributed by atoms with van der Waals surface area (Å²) in [6.45, 7) is 3.09. The highest BCUT2D eigenvalue weighted by atomic mass is 16.3. The minimum Gasteiger partial charge on any atom is -0.512 e. The summed E-state index contributed by atoms with van der Waals surface area (Å²) >= 11 is 0. The Morgan fingerprint density at radius 1 is 1.40 bits per heavy atom. The molecule has 1 aliphatic carbocycles. The van der Waals surface area contributed by atoms with E-state index in [4.69, 9.17) is 5.11 Å². The highest BCUT2D eigenvalue weighted by Gasteiger charge is 2.30. The fourth-order valence-electron chi connectivity index (χ4n) is 1.21. The number of rotatable bonds is 2. The van der Waals surface area contributed by atoms with E-state index in [-0.39, 0.29) is 11.5 Å². The van der Waals surface area contributed by atoms with Crippen LogP contribution in [0.4, 0.5) is 0 Å². The van der Waals surface area contributed by atoms with Crippen LogP contribution in [-0.2, 0) is 4.79 Å². The van der Waals surface area contributed by atoms with E-state index in [9.17, 15) is 4.79 Å². The maximum atomic E-state index is 10.8. The summed E-state index contributed by atoms with van der Waals surface area (Å²) in [7, 11) is 0. The number of allylic oxidation sites excluding steroid dienone is 2. The first-order chi connectivity index (χ1) is 4.63. The van der Waals surface area contributed by atoms with E-state index in [1.54, 1.807) is 6.92 Å². The lowest BCUT2D eigenvalue weighted by molar-refractivity contribution is -0.114. The third kappa shape index (κ3) is 1.38. The smallest absolute Gasteiger partial charge is 0.159 e. The Bertz CT molecular complexity index is 183. The van der Waals surface area contributed by atoms with Crippen LogP contribution in [-0.4, -0.2) is 10.9 Å². The summed E-state index contributed by atoms with van der Waals surface area (Å²) in [4.78, 5) is 10.8. The lowest BCUT2D eigenvalue weighted by Gasteiger charge is -2.00. The molecule has 0 spiro atoms. The van der Waals surface area contributed by atoms with Gasteiger partial charge in [0, 0.05) is 5.57 Å². The normalized spacial score (nSPS) is 20.2. The maximum absolute atomic E-state index is 10.8. The van der Waals surface area contributed by atoms with Crippen molar-refractivity contribution in [3.8, 4) is 0 Å². The van der Waals surface area contributed by atoms with Crippen molar-refractivity contribution in [1.82, 2.24) is 0 Å². The molecule has 0 aromatic rings. The molecule has 56 valence electrons. The van der Waals surface area contributed by atoms with E-state index in [0.717, 1.165) is 12.8 Å². The van der Waals surface area contributed by atoms with E-state index < -0.39 is 0 Å². The van der Waals surface area contributed by atoms with Gasteiger partial charge in [-0.15, -0.1) is 0 Å². The molecule has 10 heavy (non-hydrogen) atoms. The summed E-state index contributed by atoms with van der Waals surface area (Å²) in [5.74, 6) is 0.583. The minimum absolute atomic E-state index is 0.0162. The Labute approximate surface area is 60.6 Å². The topological polar surface area (TPSA) is 37.3 Å². The van der Waals surface area contributed by atoms with Crippen molar-refractivity contribution in [2.45, 2.75) is 26.7 Å². The number of hydrogen-bond acceptors (Lipinski definition) is 2. The molecular weight excluding hydrogens is 128 g/mol. The maximum Gasteiger partial charge on any atom is 0.159 e. The van der Waals surface area contributed by atoms with Crippen LogP contribution in [0.2, 0.25) is 0 Å². The predicted octanol–water partition coefficient (Wildman–Crippen LogP) is 1.82. The first kappa shape index (κ1) is 7.32. The van der Waals surface area contributed by atoms with E-state index in [1.165, 1.54) is 6.92 Å². The number of aliphatic hydroxyl groups excluding tert-OH is 1. The molecule has 0 amide bonds. The highest BCUT2D eigenvalue weighted by molar-refractivity contribution is 5.94. The summed E-state index contributed by atoms with van der Waals surface area (Å²) < 4.78 is 0. The number of aliphatic hydroxyl groups is 1. The van der Waals surface area contributed by atoms with Crippen molar-refractivity contribution in [2.75, 3.05) is 0 Å². The molecule has 2 nitrogen and oxygen atoms in total. The van der Waals surface area contributed by atoms with Gasteiger partial charge in [0.1, 0.15) is 0 Å². The first-order valence-corrected chi connectivity index (χ1v) is 3.53. The van der Waals surface area contributed by atoms with Gasteiger partial charge in [-0.05, 0) is 32.6 Å². The Morgan fingerprint density at radius 3 is 2.00 bits per heavy atom. The molecule has 0 aromatic carbocycles. The van der Waals surface area contributed by atoms with Crippen molar-refractivity contribution in [3.05, 3.63) is 11.3 Å². The summed E-state index contributed by atoms with van der Waals surface area (Å²) in [6, 6.07) is 0. The third-order valence-corrected chi connectivity index (χ3v) is 1.75. The molecule has 0 aromatic heterocycles. The van der Waals surface area contributed by atoms with E-state index in [2.05, 4.69) is 0 Å². The van der Waals surface area contributed by atoms with Gasteiger partial charge in [0.15, 0.2) is 5.78 Å². The van der Waals surface area contributed by atoms with Crippen molar-refractivity contribution < 1.29 is 9.90 Å². The third-order valence-electron chi connectivity index (χ3n) is 1.75. The first-order valence-electron chi connectivity index (χ1n) is 3.53. The van der Waals surface area contributed by atoms with Crippen LogP contribution in [0.1, 0.15) is 26.7 Å². The number of hydrogen-bond donors (Lipinski definition) is 1. The second-order valence-corrected chi connectivity index (χ2v) is 2.83. The van der Waals surface area contributed by atoms with Crippen LogP contribution in [0.5, 0.6) is 0 Å². The average Bonchev–Trinajstić information content (AvgIpc) is 2.46. The van der Waals surface area contributed by atoms with Crippen LogP contribution >= 0.6 is 0 Å². The lowest BCUT2D eigenvalue weighted by Crippen LogP contribution is -2.01. The summed E-state index contributed by atoms with van der Waals surface area (Å²) in [5.41, 5.74) is 0.639. The van der Waals surface area contributed by atoms with Crippen molar-refractivity contribution in [2.24, 2.45) is 5.92 Å². The highest BCUT2D eigenvalue weighted by Crippen LogP contribution is 2.37. The van der Waals surface area contributed by atoms with Gasteiger partial charge in [-0.3, -0.25) is 4.79 Å². The van der Waals surface area contributed by atoms with E-state index in [1.807, 2.05) is 0 Å². The van der Waals surface area contributed by atoms with Crippen LogP contribution in [0.15, 0.2) is 11.3 Å². The van der Waals surface area contributed by atoms with E-state index >= 15 is 0 Å². The molecule has 0 aliphatic heterocycles. The fourth-order valence-corrected chi connectivity index (χ4v) is 1.21. The molecule has 1 N–H and O–H groups in total. The van der Waals surface area contributed by atoms with Crippen molar-refractivity contribution >= 4 is 5.78 Å². The zero-order valence-electron chi connectivity index (χ0n) is 6.35. The van der Waals surface area contributed by atoms with Gasteiger partial charge in [0.25, 0.3) is 0 Å². The molecule has 0 saturated heterocycles. The number of ketones is 1. The molecule has 0 atom stereocenters. The Kier molecular flexibility index (Phi) is 1.79. The molecule has 0 radical (unpaired) electrons.